The molecule has 0 bridgehead atoms. The van der Waals surface area contributed by atoms with Gasteiger partial charge < -0.3 is 14.8 Å². The highest BCUT2D eigenvalue weighted by atomic mass is 19.1. The Morgan fingerprint density at radius 2 is 1.84 bits per heavy atom. The van der Waals surface area contributed by atoms with Gasteiger partial charge in [0.2, 0.25) is 11.6 Å². The van der Waals surface area contributed by atoms with Crippen molar-refractivity contribution in [2.45, 2.75) is 0 Å². The van der Waals surface area contributed by atoms with E-state index < -0.39 is 22.3 Å². The fourth-order valence-electron chi connectivity index (χ4n) is 2.60. The molecule has 1 amide bonds. The van der Waals surface area contributed by atoms with Gasteiger partial charge in [0.05, 0.1) is 30.4 Å². The number of hydrogen-bond donors (Lipinski definition) is 3. The first-order chi connectivity index (χ1) is 14.9. The van der Waals surface area contributed by atoms with E-state index in [0.29, 0.717) is 17.2 Å². The van der Waals surface area contributed by atoms with Gasteiger partial charge in [-0.25, -0.2) is 14.4 Å². The van der Waals surface area contributed by atoms with E-state index in [-0.39, 0.29) is 17.2 Å². The molecule has 0 unspecified atom stereocenters. The molecule has 0 saturated carbocycles. The molecule has 0 atom stereocenters. The van der Waals surface area contributed by atoms with Crippen LogP contribution in [0, 0.1) is 15.9 Å². The predicted molar refractivity (Wildman–Crippen MR) is 109 cm³/mol. The standard InChI is InChI=1S/C19H17FN6O5/c1-30-11-7-8-15(31-2)14(9-11)23-17-16(26(28)29)18(22-10-21-17)24-25-19(27)12-5-3-4-6-13(12)20/h3-10H,1-2H3,(H,25,27)(H2,21,22,23,24). The number of nitro groups is 1. The van der Waals surface area contributed by atoms with E-state index in [1.54, 1.807) is 18.2 Å². The first-order valence-corrected chi connectivity index (χ1v) is 8.74. The zero-order valence-electron chi connectivity index (χ0n) is 16.4. The van der Waals surface area contributed by atoms with Crippen LogP contribution in [0.15, 0.2) is 48.8 Å². The molecular formula is C19H17FN6O5. The number of rotatable bonds is 8. The molecule has 160 valence electrons. The monoisotopic (exact) mass is 428 g/mol. The van der Waals surface area contributed by atoms with Crippen LogP contribution in [0.1, 0.15) is 10.4 Å². The first-order valence-electron chi connectivity index (χ1n) is 8.74. The average Bonchev–Trinajstić information content (AvgIpc) is 2.77. The van der Waals surface area contributed by atoms with Crippen molar-refractivity contribution < 1.29 is 23.6 Å². The number of anilines is 3. The number of benzene rings is 2. The Labute approximate surface area is 175 Å². The third-order valence-electron chi connectivity index (χ3n) is 4.08. The maximum atomic E-state index is 13.8. The van der Waals surface area contributed by atoms with Gasteiger partial charge in [-0.05, 0) is 24.3 Å². The minimum atomic E-state index is -0.838. The second-order valence-electron chi connectivity index (χ2n) is 5.93. The van der Waals surface area contributed by atoms with Crippen LogP contribution >= 0.6 is 0 Å². The Morgan fingerprint density at radius 1 is 1.10 bits per heavy atom. The average molecular weight is 428 g/mol. The van der Waals surface area contributed by atoms with Crippen LogP contribution in [0.5, 0.6) is 11.5 Å². The van der Waals surface area contributed by atoms with Gasteiger partial charge in [0.15, 0.2) is 0 Å². The lowest BCUT2D eigenvalue weighted by Crippen LogP contribution is -2.31. The molecule has 0 radical (unpaired) electrons. The molecule has 0 fully saturated rings. The van der Waals surface area contributed by atoms with Gasteiger partial charge in [-0.3, -0.25) is 25.8 Å². The number of halogens is 1. The second kappa shape index (κ2) is 9.35. The van der Waals surface area contributed by atoms with Crippen molar-refractivity contribution in [1.29, 1.82) is 0 Å². The van der Waals surface area contributed by atoms with Crippen molar-refractivity contribution in [2.24, 2.45) is 0 Å². The molecule has 12 heteroatoms. The molecule has 0 spiro atoms. The topological polar surface area (TPSA) is 141 Å². The van der Waals surface area contributed by atoms with Crippen LogP contribution in [0.3, 0.4) is 0 Å². The lowest BCUT2D eigenvalue weighted by Gasteiger charge is -2.13. The minimum absolute atomic E-state index is 0.172. The van der Waals surface area contributed by atoms with E-state index in [1.165, 1.54) is 32.4 Å². The van der Waals surface area contributed by atoms with Crippen molar-refractivity contribution in [3.8, 4) is 11.5 Å². The number of hydrazine groups is 1. The van der Waals surface area contributed by atoms with Crippen molar-refractivity contribution in [3.05, 3.63) is 70.3 Å². The van der Waals surface area contributed by atoms with E-state index in [9.17, 15) is 19.3 Å². The highest BCUT2D eigenvalue weighted by Crippen LogP contribution is 2.35. The Bertz CT molecular complexity index is 1130. The van der Waals surface area contributed by atoms with E-state index in [1.807, 2.05) is 0 Å². The Morgan fingerprint density at radius 3 is 2.52 bits per heavy atom. The van der Waals surface area contributed by atoms with Crippen LogP contribution < -0.4 is 25.6 Å². The Hall–Kier alpha value is -4.48. The molecule has 3 rings (SSSR count). The van der Waals surface area contributed by atoms with Crippen LogP contribution in [0.4, 0.5) is 27.4 Å². The van der Waals surface area contributed by atoms with E-state index in [4.69, 9.17) is 9.47 Å². The highest BCUT2D eigenvalue weighted by molar-refractivity contribution is 5.95. The van der Waals surface area contributed by atoms with Gasteiger partial charge in [0, 0.05) is 6.07 Å². The minimum Gasteiger partial charge on any atom is -0.497 e. The third kappa shape index (κ3) is 4.75. The summed E-state index contributed by atoms with van der Waals surface area (Å²) < 4.78 is 24.2. The summed E-state index contributed by atoms with van der Waals surface area (Å²) in [7, 11) is 2.91. The summed E-state index contributed by atoms with van der Waals surface area (Å²) >= 11 is 0. The second-order valence-corrected chi connectivity index (χ2v) is 5.93. The summed E-state index contributed by atoms with van der Waals surface area (Å²) in [5.41, 5.74) is 4.08. The normalized spacial score (nSPS) is 10.2. The molecule has 31 heavy (non-hydrogen) atoms. The largest absolute Gasteiger partial charge is 0.497 e. The first kappa shape index (κ1) is 21.2. The quantitative estimate of drug-likeness (QED) is 0.365. The Balaban J connectivity index is 1.89. The third-order valence-corrected chi connectivity index (χ3v) is 4.08. The van der Waals surface area contributed by atoms with Gasteiger partial charge in [-0.2, -0.15) is 0 Å². The Kier molecular flexibility index (Phi) is 6.40. The predicted octanol–water partition coefficient (Wildman–Crippen LogP) is 3.04. The molecule has 0 aliphatic carbocycles. The summed E-state index contributed by atoms with van der Waals surface area (Å²) in [4.78, 5) is 30.9. The fraction of sp³-hybridized carbons (Fsp3) is 0.105. The maximum absolute atomic E-state index is 13.8. The van der Waals surface area contributed by atoms with E-state index in [2.05, 4.69) is 26.1 Å². The molecule has 0 aliphatic heterocycles. The number of nitrogens with one attached hydrogen (secondary N) is 3. The molecule has 11 nitrogen and oxygen atoms in total. The molecule has 3 aromatic rings. The van der Waals surface area contributed by atoms with Gasteiger partial charge in [-0.15, -0.1) is 0 Å². The van der Waals surface area contributed by atoms with Gasteiger partial charge >= 0.3 is 5.69 Å². The summed E-state index contributed by atoms with van der Waals surface area (Å²) in [6.07, 6.45) is 1.06. The SMILES string of the molecule is COc1ccc(OC)c(Nc2ncnc(NNC(=O)c3ccccc3F)c2[N+](=O)[O-])c1. The number of aromatic nitrogens is 2. The summed E-state index contributed by atoms with van der Waals surface area (Å²) in [6, 6.07) is 10.1. The van der Waals surface area contributed by atoms with Gasteiger partial charge in [-0.1, -0.05) is 12.1 Å². The van der Waals surface area contributed by atoms with Crippen LogP contribution in [-0.4, -0.2) is 35.0 Å². The van der Waals surface area contributed by atoms with Crippen LogP contribution in [0.25, 0.3) is 0 Å². The molecule has 0 aliphatic rings. The summed E-state index contributed by atoms with van der Waals surface area (Å²) in [6.45, 7) is 0. The number of carbonyl (C=O) groups excluding carboxylic acids is 1. The number of methoxy groups -OCH3 is 2. The molecule has 1 aromatic heterocycles. The zero-order valence-corrected chi connectivity index (χ0v) is 16.4. The molecule has 3 N–H and O–H groups in total. The molecule has 0 saturated heterocycles. The zero-order chi connectivity index (χ0) is 22.4. The highest BCUT2D eigenvalue weighted by Gasteiger charge is 2.25. The number of ether oxygens (including phenoxy) is 2. The lowest BCUT2D eigenvalue weighted by atomic mass is 10.2. The van der Waals surface area contributed by atoms with Crippen molar-refractivity contribution in [2.75, 3.05) is 25.0 Å². The van der Waals surface area contributed by atoms with E-state index >= 15 is 0 Å². The number of amides is 1. The maximum Gasteiger partial charge on any atom is 0.355 e. The lowest BCUT2D eigenvalue weighted by molar-refractivity contribution is -0.383. The van der Waals surface area contributed by atoms with Crippen molar-refractivity contribution in [1.82, 2.24) is 15.4 Å². The number of hydrogen-bond acceptors (Lipinski definition) is 9. The molecule has 2 aromatic carbocycles. The molecular weight excluding hydrogens is 411 g/mol. The van der Waals surface area contributed by atoms with Crippen LogP contribution in [0.2, 0.25) is 0 Å². The van der Waals surface area contributed by atoms with E-state index in [0.717, 1.165) is 12.4 Å². The number of carbonyl (C=O) groups is 1. The van der Waals surface area contributed by atoms with Crippen molar-refractivity contribution >= 4 is 28.9 Å². The summed E-state index contributed by atoms with van der Waals surface area (Å²) in [5, 5.41) is 14.5. The smallest absolute Gasteiger partial charge is 0.355 e. The van der Waals surface area contributed by atoms with Crippen molar-refractivity contribution in [3.63, 3.8) is 0 Å². The fourth-order valence-corrected chi connectivity index (χ4v) is 2.60. The van der Waals surface area contributed by atoms with Gasteiger partial charge in [0.25, 0.3) is 5.91 Å². The van der Waals surface area contributed by atoms with Gasteiger partial charge in [0.1, 0.15) is 23.6 Å². The number of nitrogens with zero attached hydrogens (tertiary/aromatic N) is 3. The molecule has 1 heterocycles. The summed E-state index contributed by atoms with van der Waals surface area (Å²) in [5.74, 6) is -1.20. The van der Waals surface area contributed by atoms with Crippen LogP contribution in [-0.2, 0) is 0 Å².